The van der Waals surface area contributed by atoms with Crippen LogP contribution in [-0.4, -0.2) is 19.6 Å². The second-order valence-electron chi connectivity index (χ2n) is 4.82. The predicted molar refractivity (Wildman–Crippen MR) is 79.3 cm³/mol. The third kappa shape index (κ3) is 3.76. The van der Waals surface area contributed by atoms with Crippen molar-refractivity contribution >= 4 is 11.6 Å². The van der Waals surface area contributed by atoms with E-state index in [1.165, 1.54) is 0 Å². The van der Waals surface area contributed by atoms with Crippen LogP contribution in [0.1, 0.15) is 26.2 Å². The molecule has 0 radical (unpaired) electrons. The zero-order valence-corrected chi connectivity index (χ0v) is 12.0. The Bertz CT molecular complexity index is 496. The average Bonchev–Trinajstić information content (AvgIpc) is 2.93. The van der Waals surface area contributed by atoms with Crippen molar-refractivity contribution in [1.29, 1.82) is 0 Å². The Hall–Kier alpha value is -1.97. The van der Waals surface area contributed by atoms with Gasteiger partial charge in [0, 0.05) is 18.2 Å². The Morgan fingerprint density at radius 1 is 1.40 bits per heavy atom. The molecule has 0 aliphatic heterocycles. The van der Waals surface area contributed by atoms with Gasteiger partial charge in [0.1, 0.15) is 0 Å². The van der Waals surface area contributed by atoms with Crippen molar-refractivity contribution in [3.63, 3.8) is 0 Å². The summed E-state index contributed by atoms with van der Waals surface area (Å²) in [6.45, 7) is 2.50. The highest BCUT2D eigenvalue weighted by molar-refractivity contribution is 5.91. The van der Waals surface area contributed by atoms with Gasteiger partial charge in [0.15, 0.2) is 11.5 Å². The third-order valence-corrected chi connectivity index (χ3v) is 3.31. The van der Waals surface area contributed by atoms with E-state index in [-0.39, 0.29) is 5.91 Å². The van der Waals surface area contributed by atoms with E-state index in [2.05, 4.69) is 17.5 Å². The van der Waals surface area contributed by atoms with Gasteiger partial charge in [-0.15, -0.1) is 0 Å². The van der Waals surface area contributed by atoms with Gasteiger partial charge in [-0.3, -0.25) is 4.79 Å². The van der Waals surface area contributed by atoms with Gasteiger partial charge in [-0.2, -0.15) is 0 Å². The molecule has 0 aromatic heterocycles. The van der Waals surface area contributed by atoms with E-state index in [0.29, 0.717) is 30.4 Å². The fourth-order valence-electron chi connectivity index (χ4n) is 2.34. The van der Waals surface area contributed by atoms with Crippen LogP contribution in [0.25, 0.3) is 0 Å². The molecule has 1 amide bonds. The number of carbonyl (C=O) groups is 1. The Labute approximate surface area is 119 Å². The Morgan fingerprint density at radius 3 is 2.90 bits per heavy atom. The second-order valence-corrected chi connectivity index (χ2v) is 4.82. The molecule has 4 heteroatoms. The summed E-state index contributed by atoms with van der Waals surface area (Å²) in [4.78, 5) is 12.0. The molecular formula is C16H21NO3. The number of benzene rings is 1. The van der Waals surface area contributed by atoms with Crippen molar-refractivity contribution in [2.24, 2.45) is 5.92 Å². The number of anilines is 1. The highest BCUT2D eigenvalue weighted by atomic mass is 16.5. The van der Waals surface area contributed by atoms with Gasteiger partial charge in [-0.1, -0.05) is 12.2 Å². The van der Waals surface area contributed by atoms with Gasteiger partial charge in [0.25, 0.3) is 0 Å². The molecule has 108 valence electrons. The summed E-state index contributed by atoms with van der Waals surface area (Å²) >= 11 is 0. The van der Waals surface area contributed by atoms with Crippen molar-refractivity contribution in [3.8, 4) is 11.5 Å². The predicted octanol–water partition coefficient (Wildman–Crippen LogP) is 3.39. The van der Waals surface area contributed by atoms with Gasteiger partial charge in [0.2, 0.25) is 5.91 Å². The maximum absolute atomic E-state index is 12.0. The first-order chi connectivity index (χ1) is 9.72. The van der Waals surface area contributed by atoms with Gasteiger partial charge >= 0.3 is 0 Å². The molecule has 1 unspecified atom stereocenters. The molecule has 1 atom stereocenters. The number of nitrogens with one attached hydrogen (secondary N) is 1. The first-order valence-electron chi connectivity index (χ1n) is 7.00. The lowest BCUT2D eigenvalue weighted by Gasteiger charge is -2.12. The first kappa shape index (κ1) is 14.4. The Kier molecular flexibility index (Phi) is 5.04. The molecule has 20 heavy (non-hydrogen) atoms. The molecule has 1 N–H and O–H groups in total. The minimum Gasteiger partial charge on any atom is -0.493 e. The summed E-state index contributed by atoms with van der Waals surface area (Å²) in [7, 11) is 1.59. The first-order valence-corrected chi connectivity index (χ1v) is 7.00. The van der Waals surface area contributed by atoms with Gasteiger partial charge in [-0.05, 0) is 37.8 Å². The highest BCUT2D eigenvalue weighted by Gasteiger charge is 2.14. The fraction of sp³-hybridized carbons (Fsp3) is 0.438. The third-order valence-electron chi connectivity index (χ3n) is 3.31. The largest absolute Gasteiger partial charge is 0.493 e. The van der Waals surface area contributed by atoms with Crippen LogP contribution in [0.4, 0.5) is 5.69 Å². The number of rotatable bonds is 6. The lowest BCUT2D eigenvalue weighted by Crippen LogP contribution is -2.14. The summed E-state index contributed by atoms with van der Waals surface area (Å²) in [6, 6.07) is 5.43. The zero-order valence-electron chi connectivity index (χ0n) is 12.0. The maximum Gasteiger partial charge on any atom is 0.224 e. The van der Waals surface area contributed by atoms with Crippen LogP contribution < -0.4 is 14.8 Å². The SMILES string of the molecule is CCOc1ccc(NC(=O)CC2C=CCC2)cc1OC. The second kappa shape index (κ2) is 6.98. The number of methoxy groups -OCH3 is 1. The molecule has 0 saturated heterocycles. The molecule has 0 fully saturated rings. The van der Waals surface area contributed by atoms with Crippen LogP contribution in [-0.2, 0) is 4.79 Å². The number of carbonyl (C=O) groups excluding carboxylic acids is 1. The van der Waals surface area contributed by atoms with Crippen molar-refractivity contribution in [2.45, 2.75) is 26.2 Å². The number of hydrogen-bond donors (Lipinski definition) is 1. The van der Waals surface area contributed by atoms with Crippen LogP contribution in [0.5, 0.6) is 11.5 Å². The van der Waals surface area contributed by atoms with Gasteiger partial charge < -0.3 is 14.8 Å². The van der Waals surface area contributed by atoms with Crippen LogP contribution in [0, 0.1) is 5.92 Å². The molecule has 1 aliphatic rings. The van der Waals surface area contributed by atoms with Crippen molar-refractivity contribution < 1.29 is 14.3 Å². The monoisotopic (exact) mass is 275 g/mol. The average molecular weight is 275 g/mol. The van der Waals surface area contributed by atoms with E-state index < -0.39 is 0 Å². The topological polar surface area (TPSA) is 47.6 Å². The lowest BCUT2D eigenvalue weighted by atomic mass is 10.1. The molecule has 1 aromatic carbocycles. The molecule has 0 heterocycles. The van der Waals surface area contributed by atoms with E-state index in [0.717, 1.165) is 18.5 Å². The summed E-state index contributed by atoms with van der Waals surface area (Å²) in [5, 5.41) is 2.90. The molecule has 1 aromatic rings. The minimum atomic E-state index is 0.0350. The lowest BCUT2D eigenvalue weighted by molar-refractivity contribution is -0.116. The van der Waals surface area contributed by atoms with Crippen molar-refractivity contribution in [3.05, 3.63) is 30.4 Å². The molecule has 0 bridgehead atoms. The van der Waals surface area contributed by atoms with Gasteiger partial charge in [0.05, 0.1) is 13.7 Å². The number of amides is 1. The summed E-state index contributed by atoms with van der Waals surface area (Å²) in [5.41, 5.74) is 0.734. The molecule has 2 rings (SSSR count). The minimum absolute atomic E-state index is 0.0350. The Balaban J connectivity index is 1.98. The van der Waals surface area contributed by atoms with Crippen LogP contribution >= 0.6 is 0 Å². The molecule has 0 saturated carbocycles. The van der Waals surface area contributed by atoms with E-state index in [4.69, 9.17) is 9.47 Å². The maximum atomic E-state index is 12.0. The number of hydrogen-bond acceptors (Lipinski definition) is 3. The number of ether oxygens (including phenoxy) is 2. The fourth-order valence-corrected chi connectivity index (χ4v) is 2.34. The highest BCUT2D eigenvalue weighted by Crippen LogP contribution is 2.30. The molecule has 1 aliphatic carbocycles. The molecule has 0 spiro atoms. The van der Waals surface area contributed by atoms with Crippen LogP contribution in [0.15, 0.2) is 30.4 Å². The number of allylic oxidation sites excluding steroid dienone is 2. The van der Waals surface area contributed by atoms with E-state index >= 15 is 0 Å². The summed E-state index contributed by atoms with van der Waals surface area (Å²) in [6.07, 6.45) is 6.94. The zero-order chi connectivity index (χ0) is 14.4. The van der Waals surface area contributed by atoms with E-state index in [1.54, 1.807) is 13.2 Å². The normalized spacial score (nSPS) is 17.0. The van der Waals surface area contributed by atoms with Crippen LogP contribution in [0.2, 0.25) is 0 Å². The molecular weight excluding hydrogens is 254 g/mol. The quantitative estimate of drug-likeness (QED) is 0.809. The van der Waals surface area contributed by atoms with E-state index in [9.17, 15) is 4.79 Å². The van der Waals surface area contributed by atoms with Crippen molar-refractivity contribution in [1.82, 2.24) is 0 Å². The summed E-state index contributed by atoms with van der Waals surface area (Å²) < 4.78 is 10.7. The van der Waals surface area contributed by atoms with Crippen molar-refractivity contribution in [2.75, 3.05) is 19.0 Å². The van der Waals surface area contributed by atoms with E-state index in [1.807, 2.05) is 19.1 Å². The standard InChI is InChI=1S/C16H21NO3/c1-3-20-14-9-8-13(11-15(14)19-2)17-16(18)10-12-6-4-5-7-12/h4,6,8-9,11-12H,3,5,7,10H2,1-2H3,(H,17,18). The van der Waals surface area contributed by atoms with Crippen LogP contribution in [0.3, 0.4) is 0 Å². The summed E-state index contributed by atoms with van der Waals surface area (Å²) in [5.74, 6) is 1.73. The molecule has 4 nitrogen and oxygen atoms in total. The smallest absolute Gasteiger partial charge is 0.224 e. The Morgan fingerprint density at radius 2 is 2.25 bits per heavy atom. The van der Waals surface area contributed by atoms with Gasteiger partial charge in [-0.25, -0.2) is 0 Å².